The highest BCUT2D eigenvalue weighted by Gasteiger charge is 2.15. The number of urea groups is 1. The Labute approximate surface area is 188 Å². The quantitative estimate of drug-likeness (QED) is 0.202. The predicted molar refractivity (Wildman–Crippen MR) is 122 cm³/mol. The van der Waals surface area contributed by atoms with E-state index in [0.717, 1.165) is 61.6 Å². The minimum atomic E-state index is -0.767. The summed E-state index contributed by atoms with van der Waals surface area (Å²) in [6.45, 7) is 3.40. The molecule has 0 aliphatic heterocycles. The van der Waals surface area contributed by atoms with Crippen molar-refractivity contribution in [2.75, 3.05) is 24.2 Å². The van der Waals surface area contributed by atoms with E-state index in [1.54, 1.807) is 35.1 Å². The molecule has 0 bridgehead atoms. The molecule has 0 saturated heterocycles. The summed E-state index contributed by atoms with van der Waals surface area (Å²) in [5, 5.41) is 3.36. The molecule has 2 amide bonds. The van der Waals surface area contributed by atoms with Crippen molar-refractivity contribution in [1.82, 2.24) is 14.9 Å². The van der Waals surface area contributed by atoms with Crippen LogP contribution in [-0.4, -0.2) is 39.7 Å². The first-order valence-electron chi connectivity index (χ1n) is 11.0. The minimum absolute atomic E-state index is 0.00152. The summed E-state index contributed by atoms with van der Waals surface area (Å²) >= 11 is 1.62. The van der Waals surface area contributed by atoms with Gasteiger partial charge < -0.3 is 10.2 Å². The molecule has 8 heteroatoms. The number of thioether (sulfide) groups is 1. The normalized spacial score (nSPS) is 10.8. The largest absolute Gasteiger partial charge is 0.325 e. The van der Waals surface area contributed by atoms with E-state index in [2.05, 4.69) is 22.2 Å². The molecule has 2 aromatic rings. The zero-order valence-corrected chi connectivity index (χ0v) is 19.0. The van der Waals surface area contributed by atoms with E-state index in [1.807, 2.05) is 0 Å². The lowest BCUT2D eigenvalue weighted by atomic mass is 10.1. The van der Waals surface area contributed by atoms with Gasteiger partial charge in [-0.2, -0.15) is 0 Å². The average molecular weight is 451 g/mol. The monoisotopic (exact) mass is 450 g/mol. The SMILES string of the molecule is CCCCCCCN(CCCCCSc1ncccn1)C(=O)Nc1ccc(F)cc1F. The highest BCUT2D eigenvalue weighted by molar-refractivity contribution is 7.99. The summed E-state index contributed by atoms with van der Waals surface area (Å²) in [7, 11) is 0. The number of unbranched alkanes of at least 4 members (excludes halogenated alkanes) is 6. The summed E-state index contributed by atoms with van der Waals surface area (Å²) in [6.07, 6.45) is 11.8. The molecule has 1 aromatic heterocycles. The van der Waals surface area contributed by atoms with Gasteiger partial charge in [-0.3, -0.25) is 0 Å². The van der Waals surface area contributed by atoms with Crippen molar-refractivity contribution in [2.24, 2.45) is 0 Å². The van der Waals surface area contributed by atoms with Gasteiger partial charge in [0.25, 0.3) is 0 Å². The van der Waals surface area contributed by atoms with Crippen molar-refractivity contribution < 1.29 is 13.6 Å². The summed E-state index contributed by atoms with van der Waals surface area (Å²) < 4.78 is 27.0. The van der Waals surface area contributed by atoms with Crippen LogP contribution in [0.15, 0.2) is 41.8 Å². The average Bonchev–Trinajstić information content (AvgIpc) is 2.77. The zero-order chi connectivity index (χ0) is 22.3. The van der Waals surface area contributed by atoms with Gasteiger partial charge in [0.1, 0.15) is 11.6 Å². The Hall–Kier alpha value is -2.22. The molecular weight excluding hydrogens is 418 g/mol. The van der Waals surface area contributed by atoms with Crippen LogP contribution in [0.25, 0.3) is 0 Å². The number of rotatable bonds is 14. The molecule has 0 aliphatic carbocycles. The molecule has 1 aromatic carbocycles. The summed E-state index contributed by atoms with van der Waals surface area (Å²) in [4.78, 5) is 22.8. The molecule has 31 heavy (non-hydrogen) atoms. The molecule has 1 heterocycles. The number of nitrogens with zero attached hydrogens (tertiary/aromatic N) is 3. The Morgan fingerprint density at radius 3 is 2.35 bits per heavy atom. The van der Waals surface area contributed by atoms with Crippen LogP contribution in [0.3, 0.4) is 0 Å². The fraction of sp³-hybridized carbons (Fsp3) is 0.522. The summed E-state index contributed by atoms with van der Waals surface area (Å²) in [5.74, 6) is -0.507. The van der Waals surface area contributed by atoms with Crippen LogP contribution in [0.1, 0.15) is 58.3 Å². The van der Waals surface area contributed by atoms with E-state index >= 15 is 0 Å². The van der Waals surface area contributed by atoms with E-state index in [-0.39, 0.29) is 11.7 Å². The Morgan fingerprint density at radius 1 is 1.00 bits per heavy atom. The first kappa shape index (κ1) is 25.0. The number of carbonyl (C=O) groups is 1. The van der Waals surface area contributed by atoms with Gasteiger partial charge in [-0.25, -0.2) is 23.5 Å². The number of hydrogen-bond acceptors (Lipinski definition) is 4. The number of halogens is 2. The standard InChI is InChI=1S/C23H32F2N4OS/c1-2-3-4-5-7-15-29(23(30)28-21-12-11-19(24)18-20(21)25)16-8-6-9-17-31-22-26-13-10-14-27-22/h10-14,18H,2-9,15-17H2,1H3,(H,28,30). The molecule has 0 saturated carbocycles. The van der Waals surface area contributed by atoms with Crippen LogP contribution >= 0.6 is 11.8 Å². The van der Waals surface area contributed by atoms with Crippen LogP contribution in [0, 0.1) is 11.6 Å². The molecule has 0 aliphatic rings. The van der Waals surface area contributed by atoms with Crippen molar-refractivity contribution >= 4 is 23.5 Å². The van der Waals surface area contributed by atoms with Crippen molar-refractivity contribution in [2.45, 2.75) is 63.4 Å². The maximum absolute atomic E-state index is 13.9. The first-order chi connectivity index (χ1) is 15.1. The Balaban J connectivity index is 1.78. The van der Waals surface area contributed by atoms with E-state index in [1.165, 1.54) is 18.9 Å². The van der Waals surface area contributed by atoms with Crippen molar-refractivity contribution in [1.29, 1.82) is 0 Å². The van der Waals surface area contributed by atoms with Gasteiger partial charge in [0.05, 0.1) is 5.69 Å². The lowest BCUT2D eigenvalue weighted by Crippen LogP contribution is -2.36. The van der Waals surface area contributed by atoms with Crippen LogP contribution in [0.4, 0.5) is 19.3 Å². The lowest BCUT2D eigenvalue weighted by molar-refractivity contribution is 0.209. The summed E-state index contributed by atoms with van der Waals surface area (Å²) in [5.41, 5.74) is 0.00152. The van der Waals surface area contributed by atoms with Crippen LogP contribution < -0.4 is 5.32 Å². The second-order valence-corrected chi connectivity index (χ2v) is 8.46. The van der Waals surface area contributed by atoms with Gasteiger partial charge in [0, 0.05) is 37.3 Å². The molecule has 5 nitrogen and oxygen atoms in total. The molecule has 0 atom stereocenters. The second kappa shape index (κ2) is 14.7. The number of nitrogens with one attached hydrogen (secondary N) is 1. The van der Waals surface area contributed by atoms with Crippen LogP contribution in [0.2, 0.25) is 0 Å². The number of aromatic nitrogens is 2. The maximum atomic E-state index is 13.9. The number of amides is 2. The number of hydrogen-bond donors (Lipinski definition) is 1. The Morgan fingerprint density at radius 2 is 1.68 bits per heavy atom. The smallest absolute Gasteiger partial charge is 0.321 e. The molecule has 2 rings (SSSR count). The highest BCUT2D eigenvalue weighted by atomic mass is 32.2. The number of carbonyl (C=O) groups excluding carboxylic acids is 1. The molecule has 1 N–H and O–H groups in total. The van der Waals surface area contributed by atoms with Crippen molar-refractivity contribution in [3.63, 3.8) is 0 Å². The van der Waals surface area contributed by atoms with E-state index in [0.29, 0.717) is 13.1 Å². The van der Waals surface area contributed by atoms with E-state index in [4.69, 9.17) is 0 Å². The van der Waals surface area contributed by atoms with Gasteiger partial charge in [-0.15, -0.1) is 0 Å². The van der Waals surface area contributed by atoms with Crippen LogP contribution in [0.5, 0.6) is 0 Å². The van der Waals surface area contributed by atoms with E-state index < -0.39 is 11.6 Å². The lowest BCUT2D eigenvalue weighted by Gasteiger charge is -2.23. The molecule has 0 unspecified atom stereocenters. The summed E-state index contributed by atoms with van der Waals surface area (Å²) in [6, 6.07) is 4.63. The van der Waals surface area contributed by atoms with E-state index in [9.17, 15) is 13.6 Å². The van der Waals surface area contributed by atoms with Crippen molar-refractivity contribution in [3.8, 4) is 0 Å². The fourth-order valence-electron chi connectivity index (χ4n) is 3.11. The van der Waals surface area contributed by atoms with Gasteiger partial charge >= 0.3 is 6.03 Å². The predicted octanol–water partition coefficient (Wildman–Crippen LogP) is 6.52. The molecule has 0 fully saturated rings. The minimum Gasteiger partial charge on any atom is -0.325 e. The van der Waals surface area contributed by atoms with Crippen molar-refractivity contribution in [3.05, 3.63) is 48.3 Å². The third-order valence-electron chi connectivity index (χ3n) is 4.84. The Kier molecular flexibility index (Phi) is 11.9. The molecular formula is C23H32F2N4OS. The zero-order valence-electron chi connectivity index (χ0n) is 18.2. The fourth-order valence-corrected chi connectivity index (χ4v) is 3.91. The van der Waals surface area contributed by atoms with Gasteiger partial charge in [-0.1, -0.05) is 50.8 Å². The van der Waals surface area contributed by atoms with Gasteiger partial charge in [0.2, 0.25) is 0 Å². The second-order valence-electron chi connectivity index (χ2n) is 7.40. The molecule has 0 radical (unpaired) electrons. The number of benzene rings is 1. The molecule has 170 valence electrons. The van der Waals surface area contributed by atoms with Crippen LogP contribution in [-0.2, 0) is 0 Å². The third-order valence-corrected chi connectivity index (χ3v) is 5.80. The Bertz CT molecular complexity index is 779. The van der Waals surface area contributed by atoms with Gasteiger partial charge in [-0.05, 0) is 37.5 Å². The molecule has 0 spiro atoms. The maximum Gasteiger partial charge on any atom is 0.321 e. The number of anilines is 1. The third kappa shape index (κ3) is 10.1. The topological polar surface area (TPSA) is 58.1 Å². The van der Waals surface area contributed by atoms with Gasteiger partial charge in [0.15, 0.2) is 5.16 Å². The first-order valence-corrected chi connectivity index (χ1v) is 12.0. The highest BCUT2D eigenvalue weighted by Crippen LogP contribution is 2.17.